The van der Waals surface area contributed by atoms with Gasteiger partial charge in [0.15, 0.2) is 0 Å². The van der Waals surface area contributed by atoms with Crippen molar-refractivity contribution in [2.75, 3.05) is 32.0 Å². The molecule has 1 saturated heterocycles. The van der Waals surface area contributed by atoms with Gasteiger partial charge in [0, 0.05) is 12.2 Å². The first-order valence-electron chi connectivity index (χ1n) is 7.55. The number of hydrogen-bond acceptors (Lipinski definition) is 3. The Hall–Kier alpha value is -1.39. The van der Waals surface area contributed by atoms with Crippen molar-refractivity contribution in [3.8, 4) is 0 Å². The molecule has 108 valence electrons. The summed E-state index contributed by atoms with van der Waals surface area (Å²) < 4.78 is 0. The predicted octanol–water partition coefficient (Wildman–Crippen LogP) is 1.48. The topological polar surface area (TPSA) is 44.4 Å². The minimum atomic E-state index is 0.0317. The van der Waals surface area contributed by atoms with Crippen LogP contribution in [0, 0.1) is 5.92 Å². The Morgan fingerprint density at radius 3 is 3.05 bits per heavy atom. The smallest absolute Gasteiger partial charge is 0.241 e. The van der Waals surface area contributed by atoms with Crippen LogP contribution in [0.3, 0.4) is 0 Å². The van der Waals surface area contributed by atoms with Crippen LogP contribution >= 0.6 is 0 Å². The molecule has 2 atom stereocenters. The van der Waals surface area contributed by atoms with Gasteiger partial charge in [-0.1, -0.05) is 18.2 Å². The number of likely N-dealkylation sites (tertiary alicyclic amines) is 1. The summed E-state index contributed by atoms with van der Waals surface area (Å²) in [6.07, 6.45) is 3.10. The van der Waals surface area contributed by atoms with Crippen molar-refractivity contribution in [2.24, 2.45) is 5.92 Å². The Morgan fingerprint density at radius 1 is 1.35 bits per heavy atom. The first kappa shape index (κ1) is 13.6. The third kappa shape index (κ3) is 2.72. The zero-order valence-electron chi connectivity index (χ0n) is 12.1. The SMILES string of the molecule is CNCC1CCN(C2CCc3ccccc3NC2=O)C1. The molecule has 4 heteroatoms. The zero-order valence-corrected chi connectivity index (χ0v) is 12.1. The molecule has 2 aliphatic heterocycles. The van der Waals surface area contributed by atoms with Crippen LogP contribution in [-0.2, 0) is 11.2 Å². The second-order valence-corrected chi connectivity index (χ2v) is 5.91. The summed E-state index contributed by atoms with van der Waals surface area (Å²) in [5.74, 6) is 0.846. The van der Waals surface area contributed by atoms with E-state index in [4.69, 9.17) is 0 Å². The van der Waals surface area contributed by atoms with Crippen LogP contribution in [0.15, 0.2) is 24.3 Å². The van der Waals surface area contributed by atoms with E-state index in [9.17, 15) is 4.79 Å². The number of carbonyl (C=O) groups excluding carboxylic acids is 1. The van der Waals surface area contributed by atoms with Crippen molar-refractivity contribution in [1.29, 1.82) is 0 Å². The Balaban J connectivity index is 1.69. The number of rotatable bonds is 3. The summed E-state index contributed by atoms with van der Waals surface area (Å²) in [5, 5.41) is 6.34. The lowest BCUT2D eigenvalue weighted by atomic mass is 10.1. The van der Waals surface area contributed by atoms with Crippen molar-refractivity contribution >= 4 is 11.6 Å². The standard InChI is InChI=1S/C16H23N3O/c1-17-10-12-8-9-19(11-12)15-7-6-13-4-2-3-5-14(13)18-16(15)20/h2-5,12,15,17H,6-11H2,1H3,(H,18,20). The Bertz CT molecular complexity index is 488. The van der Waals surface area contributed by atoms with Gasteiger partial charge < -0.3 is 10.6 Å². The lowest BCUT2D eigenvalue weighted by Crippen LogP contribution is -2.42. The second-order valence-electron chi connectivity index (χ2n) is 5.91. The highest BCUT2D eigenvalue weighted by Crippen LogP contribution is 2.26. The summed E-state index contributed by atoms with van der Waals surface area (Å²) in [5.41, 5.74) is 2.25. The number of amides is 1. The summed E-state index contributed by atoms with van der Waals surface area (Å²) >= 11 is 0. The highest BCUT2D eigenvalue weighted by atomic mass is 16.2. The molecule has 2 heterocycles. The molecule has 4 nitrogen and oxygen atoms in total. The van der Waals surface area contributed by atoms with Gasteiger partial charge >= 0.3 is 0 Å². The number of hydrogen-bond donors (Lipinski definition) is 2. The van der Waals surface area contributed by atoms with E-state index in [-0.39, 0.29) is 11.9 Å². The number of carbonyl (C=O) groups is 1. The van der Waals surface area contributed by atoms with E-state index in [1.54, 1.807) is 0 Å². The van der Waals surface area contributed by atoms with Crippen LogP contribution < -0.4 is 10.6 Å². The molecule has 1 amide bonds. The molecule has 0 saturated carbocycles. The average molecular weight is 273 g/mol. The van der Waals surface area contributed by atoms with Gasteiger partial charge in [-0.05, 0) is 56.9 Å². The van der Waals surface area contributed by atoms with Crippen LogP contribution in [0.2, 0.25) is 0 Å². The highest BCUT2D eigenvalue weighted by Gasteiger charge is 2.33. The van der Waals surface area contributed by atoms with Gasteiger partial charge in [-0.25, -0.2) is 0 Å². The maximum atomic E-state index is 12.5. The molecule has 1 aromatic rings. The minimum absolute atomic E-state index is 0.0317. The van der Waals surface area contributed by atoms with Crippen LogP contribution in [0.4, 0.5) is 5.69 Å². The number of nitrogens with one attached hydrogen (secondary N) is 2. The zero-order chi connectivity index (χ0) is 13.9. The summed E-state index contributed by atoms with van der Waals surface area (Å²) in [6, 6.07) is 8.18. The van der Waals surface area contributed by atoms with Crippen molar-refractivity contribution in [3.63, 3.8) is 0 Å². The molecule has 1 fully saturated rings. The maximum absolute atomic E-state index is 12.5. The molecule has 2 N–H and O–H groups in total. The predicted molar refractivity (Wildman–Crippen MR) is 80.8 cm³/mol. The van der Waals surface area contributed by atoms with E-state index in [2.05, 4.69) is 21.6 Å². The van der Waals surface area contributed by atoms with Crippen molar-refractivity contribution in [3.05, 3.63) is 29.8 Å². The number of fused-ring (bicyclic) bond motifs is 1. The molecule has 0 aromatic heterocycles. The largest absolute Gasteiger partial charge is 0.324 e. The molecule has 2 aliphatic rings. The van der Waals surface area contributed by atoms with Crippen LogP contribution in [0.1, 0.15) is 18.4 Å². The second kappa shape index (κ2) is 5.94. The molecular formula is C16H23N3O. The van der Waals surface area contributed by atoms with Gasteiger partial charge in [-0.2, -0.15) is 0 Å². The van der Waals surface area contributed by atoms with E-state index in [1.807, 2.05) is 25.2 Å². The maximum Gasteiger partial charge on any atom is 0.241 e. The molecular weight excluding hydrogens is 250 g/mol. The number of nitrogens with zero attached hydrogens (tertiary/aromatic N) is 1. The van der Waals surface area contributed by atoms with Crippen molar-refractivity contribution in [2.45, 2.75) is 25.3 Å². The van der Waals surface area contributed by atoms with Gasteiger partial charge in [0.05, 0.1) is 6.04 Å². The van der Waals surface area contributed by atoms with Gasteiger partial charge in [-0.15, -0.1) is 0 Å². The summed E-state index contributed by atoms with van der Waals surface area (Å²) in [4.78, 5) is 14.8. The molecule has 3 rings (SSSR count). The lowest BCUT2D eigenvalue weighted by Gasteiger charge is -2.25. The number of aryl methyl sites for hydroxylation is 1. The fraction of sp³-hybridized carbons (Fsp3) is 0.562. The first-order chi connectivity index (χ1) is 9.78. The molecule has 20 heavy (non-hydrogen) atoms. The molecule has 0 aliphatic carbocycles. The summed E-state index contributed by atoms with van der Waals surface area (Å²) in [6.45, 7) is 3.13. The van der Waals surface area contributed by atoms with Crippen LogP contribution in [0.25, 0.3) is 0 Å². The third-order valence-electron chi connectivity index (χ3n) is 4.52. The third-order valence-corrected chi connectivity index (χ3v) is 4.52. The molecule has 0 radical (unpaired) electrons. The Labute approximate surface area is 120 Å². The quantitative estimate of drug-likeness (QED) is 0.877. The normalized spacial score (nSPS) is 26.9. The number of para-hydroxylation sites is 1. The molecule has 0 spiro atoms. The van der Waals surface area contributed by atoms with E-state index >= 15 is 0 Å². The van der Waals surface area contributed by atoms with E-state index in [0.29, 0.717) is 5.92 Å². The Morgan fingerprint density at radius 2 is 2.20 bits per heavy atom. The molecule has 1 aromatic carbocycles. The van der Waals surface area contributed by atoms with Crippen molar-refractivity contribution in [1.82, 2.24) is 10.2 Å². The fourth-order valence-electron chi connectivity index (χ4n) is 3.45. The van der Waals surface area contributed by atoms with Gasteiger partial charge in [0.1, 0.15) is 0 Å². The van der Waals surface area contributed by atoms with E-state index in [1.165, 1.54) is 12.0 Å². The summed E-state index contributed by atoms with van der Waals surface area (Å²) in [7, 11) is 2.00. The molecule has 0 bridgehead atoms. The van der Waals surface area contributed by atoms with E-state index in [0.717, 1.165) is 38.2 Å². The molecule has 2 unspecified atom stereocenters. The van der Waals surface area contributed by atoms with Crippen molar-refractivity contribution < 1.29 is 4.79 Å². The van der Waals surface area contributed by atoms with Gasteiger partial charge in [0.2, 0.25) is 5.91 Å². The van der Waals surface area contributed by atoms with E-state index < -0.39 is 0 Å². The first-order valence-corrected chi connectivity index (χ1v) is 7.55. The fourth-order valence-corrected chi connectivity index (χ4v) is 3.45. The lowest BCUT2D eigenvalue weighted by molar-refractivity contribution is -0.121. The minimum Gasteiger partial charge on any atom is -0.324 e. The van der Waals surface area contributed by atoms with Gasteiger partial charge in [0.25, 0.3) is 0 Å². The highest BCUT2D eigenvalue weighted by molar-refractivity contribution is 5.96. The number of anilines is 1. The average Bonchev–Trinajstić information content (AvgIpc) is 2.82. The van der Waals surface area contributed by atoms with Gasteiger partial charge in [-0.3, -0.25) is 9.69 Å². The Kier molecular flexibility index (Phi) is 4.03. The monoisotopic (exact) mass is 273 g/mol. The van der Waals surface area contributed by atoms with Crippen LogP contribution in [0.5, 0.6) is 0 Å². The number of benzene rings is 1. The van der Waals surface area contributed by atoms with Crippen LogP contribution in [-0.4, -0.2) is 43.5 Å².